The van der Waals surface area contributed by atoms with Crippen LogP contribution in [0.1, 0.15) is 30.5 Å². The van der Waals surface area contributed by atoms with Crippen molar-refractivity contribution >= 4 is 5.65 Å². The predicted molar refractivity (Wildman–Crippen MR) is 96.9 cm³/mol. The lowest BCUT2D eigenvalue weighted by Gasteiger charge is -2.45. The van der Waals surface area contributed by atoms with Gasteiger partial charge in [0, 0.05) is 50.7 Å². The summed E-state index contributed by atoms with van der Waals surface area (Å²) in [6, 6.07) is 5.59. The monoisotopic (exact) mass is 342 g/mol. The number of rotatable bonds is 2. The highest BCUT2D eigenvalue weighted by Crippen LogP contribution is 2.33. The van der Waals surface area contributed by atoms with Crippen LogP contribution < -0.4 is 10.9 Å². The molecule has 2 aromatic heterocycles. The second kappa shape index (κ2) is 6.86. The van der Waals surface area contributed by atoms with Crippen molar-refractivity contribution in [2.75, 3.05) is 32.8 Å². The van der Waals surface area contributed by atoms with Gasteiger partial charge in [-0.2, -0.15) is 0 Å². The molecule has 4 heterocycles. The second-order valence-electron chi connectivity index (χ2n) is 7.23. The number of pyridine rings is 1. The lowest BCUT2D eigenvalue weighted by atomic mass is 9.84. The Morgan fingerprint density at radius 2 is 2.12 bits per heavy atom. The fourth-order valence-electron chi connectivity index (χ4n) is 4.21. The van der Waals surface area contributed by atoms with Crippen LogP contribution in [-0.4, -0.2) is 52.7 Å². The highest BCUT2D eigenvalue weighted by Gasteiger charge is 2.39. The third-order valence-electron chi connectivity index (χ3n) is 5.71. The summed E-state index contributed by atoms with van der Waals surface area (Å²) in [7, 11) is 0. The third-order valence-corrected chi connectivity index (χ3v) is 5.71. The zero-order valence-electron chi connectivity index (χ0n) is 14.8. The van der Waals surface area contributed by atoms with Gasteiger partial charge in [-0.15, -0.1) is 0 Å². The number of aromatic nitrogens is 2. The summed E-state index contributed by atoms with van der Waals surface area (Å²) < 4.78 is 7.24. The van der Waals surface area contributed by atoms with E-state index in [4.69, 9.17) is 9.72 Å². The van der Waals surface area contributed by atoms with Crippen molar-refractivity contribution in [3.8, 4) is 0 Å². The van der Waals surface area contributed by atoms with Crippen molar-refractivity contribution in [1.29, 1.82) is 0 Å². The second-order valence-corrected chi connectivity index (χ2v) is 7.23. The van der Waals surface area contributed by atoms with E-state index >= 15 is 0 Å². The van der Waals surface area contributed by atoms with Gasteiger partial charge in [0.25, 0.3) is 5.56 Å². The Morgan fingerprint density at radius 1 is 1.28 bits per heavy atom. The van der Waals surface area contributed by atoms with Crippen LogP contribution in [-0.2, 0) is 11.3 Å². The normalized spacial score (nSPS) is 21.5. The summed E-state index contributed by atoms with van der Waals surface area (Å²) >= 11 is 0. The number of fused-ring (bicyclic) bond motifs is 1. The topological polar surface area (TPSA) is 58.9 Å². The van der Waals surface area contributed by atoms with Gasteiger partial charge in [-0.1, -0.05) is 6.07 Å². The maximum atomic E-state index is 12.5. The molecule has 134 valence electrons. The first-order chi connectivity index (χ1) is 12.2. The Balaban J connectivity index is 1.68. The van der Waals surface area contributed by atoms with Crippen molar-refractivity contribution in [3.63, 3.8) is 0 Å². The number of hydrogen-bond acceptors (Lipinski definition) is 5. The van der Waals surface area contributed by atoms with Gasteiger partial charge in [-0.25, -0.2) is 4.98 Å². The van der Waals surface area contributed by atoms with Crippen molar-refractivity contribution in [3.05, 3.63) is 46.0 Å². The molecule has 6 heteroatoms. The molecule has 0 bridgehead atoms. The van der Waals surface area contributed by atoms with E-state index in [0.717, 1.165) is 75.6 Å². The van der Waals surface area contributed by atoms with Crippen LogP contribution in [0.4, 0.5) is 0 Å². The van der Waals surface area contributed by atoms with Gasteiger partial charge in [0.2, 0.25) is 0 Å². The molecular weight excluding hydrogens is 316 g/mol. The van der Waals surface area contributed by atoms with Gasteiger partial charge in [0.15, 0.2) is 0 Å². The maximum absolute atomic E-state index is 12.5. The van der Waals surface area contributed by atoms with E-state index in [1.807, 2.05) is 19.1 Å². The molecule has 1 spiro atoms. The molecule has 1 N–H and O–H groups in total. The van der Waals surface area contributed by atoms with E-state index in [2.05, 4.69) is 10.2 Å². The molecule has 2 aliphatic heterocycles. The SMILES string of the molecule is Cc1cccn2c(=O)cc(CN3CCNCCC34CCOCC4)nc12. The summed E-state index contributed by atoms with van der Waals surface area (Å²) in [5.41, 5.74) is 2.82. The van der Waals surface area contributed by atoms with Crippen molar-refractivity contribution in [2.24, 2.45) is 0 Å². The van der Waals surface area contributed by atoms with Gasteiger partial charge in [0.1, 0.15) is 5.65 Å². The molecule has 2 aromatic rings. The molecule has 0 aromatic carbocycles. The van der Waals surface area contributed by atoms with Gasteiger partial charge in [-0.3, -0.25) is 14.1 Å². The highest BCUT2D eigenvalue weighted by molar-refractivity contribution is 5.46. The lowest BCUT2D eigenvalue weighted by molar-refractivity contribution is -0.0312. The number of nitrogens with one attached hydrogen (secondary N) is 1. The van der Waals surface area contributed by atoms with E-state index in [-0.39, 0.29) is 11.1 Å². The predicted octanol–water partition coefficient (Wildman–Crippen LogP) is 1.35. The Labute approximate surface area is 147 Å². The molecule has 0 saturated carbocycles. The molecule has 2 fully saturated rings. The number of hydrogen-bond donors (Lipinski definition) is 1. The Bertz CT molecular complexity index is 811. The van der Waals surface area contributed by atoms with Crippen molar-refractivity contribution in [1.82, 2.24) is 19.6 Å². The molecule has 25 heavy (non-hydrogen) atoms. The minimum atomic E-state index is -0.00215. The molecule has 0 atom stereocenters. The van der Waals surface area contributed by atoms with E-state index in [1.54, 1.807) is 16.7 Å². The fraction of sp³-hybridized carbons (Fsp3) is 0.579. The molecule has 2 saturated heterocycles. The Kier molecular flexibility index (Phi) is 4.58. The van der Waals surface area contributed by atoms with Crippen molar-refractivity contribution < 1.29 is 4.74 Å². The first-order valence-corrected chi connectivity index (χ1v) is 9.19. The number of ether oxygens (including phenoxy) is 1. The third kappa shape index (κ3) is 3.21. The Morgan fingerprint density at radius 3 is 2.96 bits per heavy atom. The van der Waals surface area contributed by atoms with Crippen LogP contribution in [0.15, 0.2) is 29.2 Å². The Hall–Kier alpha value is -1.76. The van der Waals surface area contributed by atoms with Crippen LogP contribution in [0.5, 0.6) is 0 Å². The lowest BCUT2D eigenvalue weighted by Crippen LogP contribution is -2.52. The summed E-state index contributed by atoms with van der Waals surface area (Å²) in [6.07, 6.45) is 5.03. The van der Waals surface area contributed by atoms with Crippen LogP contribution in [0.2, 0.25) is 0 Å². The van der Waals surface area contributed by atoms with Crippen molar-refractivity contribution in [2.45, 2.75) is 38.3 Å². The highest BCUT2D eigenvalue weighted by atomic mass is 16.5. The zero-order chi connectivity index (χ0) is 17.3. The summed E-state index contributed by atoms with van der Waals surface area (Å²) in [5.74, 6) is 0. The molecule has 0 amide bonds. The zero-order valence-corrected chi connectivity index (χ0v) is 14.8. The molecule has 6 nitrogen and oxygen atoms in total. The van der Waals surface area contributed by atoms with Crippen LogP contribution >= 0.6 is 0 Å². The summed E-state index contributed by atoms with van der Waals surface area (Å²) in [4.78, 5) is 19.8. The minimum absolute atomic E-state index is 0.00215. The quantitative estimate of drug-likeness (QED) is 0.893. The van der Waals surface area contributed by atoms with E-state index in [0.29, 0.717) is 0 Å². The van der Waals surface area contributed by atoms with Crippen LogP contribution in [0.25, 0.3) is 5.65 Å². The van der Waals surface area contributed by atoms with Crippen LogP contribution in [0.3, 0.4) is 0 Å². The van der Waals surface area contributed by atoms with Crippen LogP contribution in [0, 0.1) is 6.92 Å². The average Bonchev–Trinajstić information content (AvgIpc) is 2.80. The summed E-state index contributed by atoms with van der Waals surface area (Å²) in [5, 5.41) is 3.52. The molecule has 0 unspecified atom stereocenters. The van der Waals surface area contributed by atoms with E-state index in [1.165, 1.54) is 0 Å². The van der Waals surface area contributed by atoms with E-state index < -0.39 is 0 Å². The molecule has 2 aliphatic rings. The number of aryl methyl sites for hydroxylation is 1. The van der Waals surface area contributed by atoms with Gasteiger partial charge in [-0.05, 0) is 44.4 Å². The molecule has 4 rings (SSSR count). The molecule has 0 aliphatic carbocycles. The average molecular weight is 342 g/mol. The minimum Gasteiger partial charge on any atom is -0.381 e. The van der Waals surface area contributed by atoms with E-state index in [9.17, 15) is 4.79 Å². The molecular formula is C19H26N4O2. The smallest absolute Gasteiger partial charge is 0.258 e. The number of nitrogens with zero attached hydrogens (tertiary/aromatic N) is 3. The van der Waals surface area contributed by atoms with Gasteiger partial charge in [0.05, 0.1) is 5.69 Å². The van der Waals surface area contributed by atoms with Gasteiger partial charge < -0.3 is 10.1 Å². The first kappa shape index (κ1) is 16.7. The standard InChI is InChI=1S/C19H26N4O2/c1-15-3-2-9-23-17(24)13-16(21-18(15)23)14-22-10-8-20-7-4-19(22)5-11-25-12-6-19/h2-3,9,13,20H,4-8,10-12,14H2,1H3. The first-order valence-electron chi connectivity index (χ1n) is 9.19. The molecule has 0 radical (unpaired) electrons. The fourth-order valence-corrected chi connectivity index (χ4v) is 4.21. The maximum Gasteiger partial charge on any atom is 0.258 e. The van der Waals surface area contributed by atoms with Gasteiger partial charge >= 0.3 is 0 Å². The largest absolute Gasteiger partial charge is 0.381 e. The summed E-state index contributed by atoms with van der Waals surface area (Å²) in [6.45, 7) is 7.38.